The van der Waals surface area contributed by atoms with Crippen molar-refractivity contribution in [1.29, 1.82) is 0 Å². The number of hydrogen-bond acceptors (Lipinski definition) is 4. The zero-order chi connectivity index (χ0) is 16.6. The van der Waals surface area contributed by atoms with Crippen molar-refractivity contribution in [2.45, 2.75) is 24.9 Å². The number of nitrogens with zero attached hydrogens (tertiary/aromatic N) is 5. The summed E-state index contributed by atoms with van der Waals surface area (Å²) in [7, 11) is 3.63. The van der Waals surface area contributed by atoms with E-state index < -0.39 is 5.60 Å². The van der Waals surface area contributed by atoms with Crippen molar-refractivity contribution in [3.05, 3.63) is 35.1 Å². The van der Waals surface area contributed by atoms with Gasteiger partial charge in [-0.1, -0.05) is 11.6 Å². The molecule has 1 N–H and O–H groups in total. The van der Waals surface area contributed by atoms with Crippen LogP contribution in [0.5, 0.6) is 0 Å². The molecule has 1 atom stereocenters. The maximum Gasteiger partial charge on any atom is 0.270 e. The molecule has 1 fully saturated rings. The third kappa shape index (κ3) is 3.25. The maximum atomic E-state index is 12.7. The molecule has 0 aliphatic carbocycles. The average molecular weight is 338 g/mol. The Kier molecular flexibility index (Phi) is 4.16. The second kappa shape index (κ2) is 5.98. The van der Waals surface area contributed by atoms with Gasteiger partial charge in [-0.25, -0.2) is 0 Å². The van der Waals surface area contributed by atoms with Gasteiger partial charge < -0.3 is 19.1 Å². The molecule has 0 saturated carbocycles. The lowest BCUT2D eigenvalue weighted by Gasteiger charge is -2.39. The minimum atomic E-state index is -0.982. The van der Waals surface area contributed by atoms with Crippen molar-refractivity contribution >= 4 is 17.5 Å². The third-order valence-corrected chi connectivity index (χ3v) is 4.53. The first-order valence-corrected chi connectivity index (χ1v) is 7.92. The highest BCUT2D eigenvalue weighted by atomic mass is 35.5. The van der Waals surface area contributed by atoms with Gasteiger partial charge in [0.05, 0.1) is 17.2 Å². The zero-order valence-corrected chi connectivity index (χ0v) is 14.0. The van der Waals surface area contributed by atoms with Crippen LogP contribution in [0.15, 0.2) is 18.6 Å². The molecule has 1 aliphatic heterocycles. The predicted octanol–water partition coefficient (Wildman–Crippen LogP) is 1.02. The fourth-order valence-corrected chi connectivity index (χ4v) is 3.34. The summed E-state index contributed by atoms with van der Waals surface area (Å²) in [6, 6.07) is 1.65. The van der Waals surface area contributed by atoms with E-state index in [4.69, 9.17) is 11.6 Å². The fraction of sp³-hybridized carbons (Fsp3) is 0.533. The molecule has 3 heterocycles. The molecule has 2 aromatic rings. The number of β-amino-alcohol motifs (C(OH)–C–C–N with tert-alkyl or cyclic N) is 1. The van der Waals surface area contributed by atoms with E-state index in [0.717, 1.165) is 6.42 Å². The summed E-state index contributed by atoms with van der Waals surface area (Å²) in [5.41, 5.74) is -0.457. The number of carbonyl (C=O) groups excluding carboxylic acids is 1. The molecule has 3 rings (SSSR count). The van der Waals surface area contributed by atoms with E-state index in [9.17, 15) is 9.90 Å². The van der Waals surface area contributed by atoms with Crippen LogP contribution in [0.1, 0.15) is 29.2 Å². The lowest BCUT2D eigenvalue weighted by Crippen LogP contribution is -2.52. The Morgan fingerprint density at radius 3 is 2.83 bits per heavy atom. The number of aliphatic hydroxyl groups is 1. The molecule has 0 bridgehead atoms. The summed E-state index contributed by atoms with van der Waals surface area (Å²) in [6.45, 7) is 0.907. The summed E-state index contributed by atoms with van der Waals surface area (Å²) in [4.78, 5) is 14.4. The van der Waals surface area contributed by atoms with Crippen molar-refractivity contribution in [3.63, 3.8) is 0 Å². The number of aryl methyl sites for hydroxylation is 2. The van der Waals surface area contributed by atoms with Gasteiger partial charge in [-0.05, 0) is 18.9 Å². The topological polar surface area (TPSA) is 76.2 Å². The van der Waals surface area contributed by atoms with Gasteiger partial charge in [-0.3, -0.25) is 4.79 Å². The van der Waals surface area contributed by atoms with Crippen molar-refractivity contribution < 1.29 is 9.90 Å². The molecule has 0 spiro atoms. The summed E-state index contributed by atoms with van der Waals surface area (Å²) in [5, 5.41) is 19.3. The average Bonchev–Trinajstić information content (AvgIpc) is 3.03. The van der Waals surface area contributed by atoms with E-state index in [1.54, 1.807) is 39.7 Å². The highest BCUT2D eigenvalue weighted by molar-refractivity contribution is 6.31. The Labute approximate surface area is 139 Å². The first kappa shape index (κ1) is 16.0. The Morgan fingerprint density at radius 1 is 1.43 bits per heavy atom. The molecule has 7 nitrogen and oxygen atoms in total. The normalized spacial score (nSPS) is 21.7. The van der Waals surface area contributed by atoms with E-state index in [1.165, 1.54) is 0 Å². The number of aromatic nitrogens is 4. The van der Waals surface area contributed by atoms with Crippen LogP contribution in [0, 0.1) is 0 Å². The van der Waals surface area contributed by atoms with Crippen molar-refractivity contribution in [2.75, 3.05) is 13.1 Å². The van der Waals surface area contributed by atoms with Gasteiger partial charge in [-0.15, -0.1) is 10.2 Å². The second-order valence-electron chi connectivity index (χ2n) is 6.24. The standard InChI is InChI=1S/C15H20ClN5O2/c1-19-8-11(16)6-12(19)14(22)21-5-3-4-15(23,9-21)7-13-18-17-10-20(13)2/h6,8,10,23H,3-5,7,9H2,1-2H3. The molecule has 0 aromatic carbocycles. The van der Waals surface area contributed by atoms with Gasteiger partial charge in [0.1, 0.15) is 17.8 Å². The molecule has 124 valence electrons. The summed E-state index contributed by atoms with van der Waals surface area (Å²) in [5.74, 6) is 0.596. The number of hydrogen-bond donors (Lipinski definition) is 1. The monoisotopic (exact) mass is 337 g/mol. The Hall–Kier alpha value is -1.86. The van der Waals surface area contributed by atoms with Crippen LogP contribution in [0.25, 0.3) is 0 Å². The van der Waals surface area contributed by atoms with E-state index in [0.29, 0.717) is 35.9 Å². The van der Waals surface area contributed by atoms with Crippen LogP contribution in [0.3, 0.4) is 0 Å². The van der Waals surface area contributed by atoms with Crippen molar-refractivity contribution in [3.8, 4) is 0 Å². The third-order valence-electron chi connectivity index (χ3n) is 4.33. The Morgan fingerprint density at radius 2 is 2.22 bits per heavy atom. The number of carbonyl (C=O) groups is 1. The second-order valence-corrected chi connectivity index (χ2v) is 6.68. The smallest absolute Gasteiger partial charge is 0.270 e. The quantitative estimate of drug-likeness (QED) is 0.907. The molecule has 23 heavy (non-hydrogen) atoms. The Bertz CT molecular complexity index is 725. The van der Waals surface area contributed by atoms with Crippen LogP contribution in [0.2, 0.25) is 5.02 Å². The zero-order valence-electron chi connectivity index (χ0n) is 13.2. The molecule has 0 radical (unpaired) electrons. The molecule has 1 unspecified atom stereocenters. The van der Waals surface area contributed by atoms with Gasteiger partial charge in [0, 0.05) is 33.3 Å². The highest BCUT2D eigenvalue weighted by Gasteiger charge is 2.37. The number of piperidine rings is 1. The Balaban J connectivity index is 1.76. The van der Waals surface area contributed by atoms with Crippen LogP contribution in [-0.2, 0) is 20.5 Å². The van der Waals surface area contributed by atoms with E-state index >= 15 is 0 Å². The summed E-state index contributed by atoms with van der Waals surface area (Å²) >= 11 is 5.96. The largest absolute Gasteiger partial charge is 0.388 e. The molecular formula is C15H20ClN5O2. The lowest BCUT2D eigenvalue weighted by atomic mass is 9.89. The van der Waals surface area contributed by atoms with Crippen LogP contribution >= 0.6 is 11.6 Å². The SMILES string of the molecule is Cn1cc(Cl)cc1C(=O)N1CCCC(O)(Cc2nncn2C)C1. The van der Waals surface area contributed by atoms with E-state index in [1.807, 2.05) is 7.05 Å². The maximum absolute atomic E-state index is 12.7. The number of rotatable bonds is 3. The molecule has 2 aromatic heterocycles. The molecule has 1 aliphatic rings. The molecular weight excluding hydrogens is 318 g/mol. The minimum Gasteiger partial charge on any atom is -0.388 e. The van der Waals surface area contributed by atoms with Gasteiger partial charge in [0.2, 0.25) is 0 Å². The number of amides is 1. The molecule has 8 heteroatoms. The van der Waals surface area contributed by atoms with Crippen molar-refractivity contribution in [2.24, 2.45) is 14.1 Å². The van der Waals surface area contributed by atoms with E-state index in [-0.39, 0.29) is 12.5 Å². The number of likely N-dealkylation sites (tertiary alicyclic amines) is 1. The lowest BCUT2D eigenvalue weighted by molar-refractivity contribution is -0.0260. The van der Waals surface area contributed by atoms with Crippen LogP contribution in [0.4, 0.5) is 0 Å². The first-order valence-electron chi connectivity index (χ1n) is 7.54. The van der Waals surface area contributed by atoms with Gasteiger partial charge in [-0.2, -0.15) is 0 Å². The molecule has 1 amide bonds. The van der Waals surface area contributed by atoms with Gasteiger partial charge in [0.15, 0.2) is 0 Å². The van der Waals surface area contributed by atoms with Gasteiger partial charge >= 0.3 is 0 Å². The number of halogens is 1. The summed E-state index contributed by atoms with van der Waals surface area (Å²) in [6.07, 6.45) is 5.07. The fourth-order valence-electron chi connectivity index (χ4n) is 3.09. The minimum absolute atomic E-state index is 0.115. The highest BCUT2D eigenvalue weighted by Crippen LogP contribution is 2.26. The van der Waals surface area contributed by atoms with Gasteiger partial charge in [0.25, 0.3) is 5.91 Å². The predicted molar refractivity (Wildman–Crippen MR) is 85.2 cm³/mol. The van der Waals surface area contributed by atoms with E-state index in [2.05, 4.69) is 10.2 Å². The van der Waals surface area contributed by atoms with Crippen LogP contribution < -0.4 is 0 Å². The first-order chi connectivity index (χ1) is 10.9. The van der Waals surface area contributed by atoms with Crippen LogP contribution in [-0.4, -0.2) is 53.9 Å². The molecule has 1 saturated heterocycles. The summed E-state index contributed by atoms with van der Waals surface area (Å²) < 4.78 is 3.50. The van der Waals surface area contributed by atoms with Crippen molar-refractivity contribution in [1.82, 2.24) is 24.2 Å².